The quantitative estimate of drug-likeness (QED) is 0.309. The van der Waals surface area contributed by atoms with Crippen molar-refractivity contribution < 1.29 is 9.53 Å². The molecule has 4 aromatic carbocycles. The van der Waals surface area contributed by atoms with Gasteiger partial charge >= 0.3 is 0 Å². The average Bonchev–Trinajstić information content (AvgIpc) is 2.89. The molecule has 0 saturated heterocycles. The molecule has 174 valence electrons. The van der Waals surface area contributed by atoms with Gasteiger partial charge in [0.05, 0.1) is 17.2 Å². The summed E-state index contributed by atoms with van der Waals surface area (Å²) in [6, 6.07) is 26.3. The molecule has 0 spiro atoms. The third-order valence-corrected chi connectivity index (χ3v) is 7.94. The molecule has 1 N–H and O–H groups in total. The molecule has 3 nitrogen and oxygen atoms in total. The number of nitrogens with one attached hydrogen (secondary N) is 1. The number of allylic oxidation sites excluding steroid dienone is 2. The fraction of sp³-hybridized carbons (Fsp3) is 0.167. The largest absolute Gasteiger partial charge is 0.497 e. The van der Waals surface area contributed by atoms with Crippen LogP contribution in [0.15, 0.2) is 90.1 Å². The molecule has 6 rings (SSSR count). The Morgan fingerprint density at radius 3 is 2.40 bits per heavy atom. The molecular weight excluding hydrogens is 477 g/mol. The maximum Gasteiger partial charge on any atom is 0.162 e. The highest BCUT2D eigenvalue weighted by Gasteiger charge is 2.39. The van der Waals surface area contributed by atoms with Gasteiger partial charge in [0.1, 0.15) is 5.75 Å². The zero-order chi connectivity index (χ0) is 24.1. The Bertz CT molecular complexity index is 1510. The Kier molecular flexibility index (Phi) is 5.55. The Labute approximate surface area is 214 Å². The van der Waals surface area contributed by atoms with Crippen molar-refractivity contribution in [1.29, 1.82) is 0 Å². The summed E-state index contributed by atoms with van der Waals surface area (Å²) >= 11 is 12.7. The summed E-state index contributed by atoms with van der Waals surface area (Å²) in [4.78, 5) is 13.8. The number of ether oxygens (including phenoxy) is 1. The van der Waals surface area contributed by atoms with Crippen molar-refractivity contribution >= 4 is 45.4 Å². The number of halogens is 2. The minimum absolute atomic E-state index is 0.108. The van der Waals surface area contributed by atoms with Crippen LogP contribution in [0.2, 0.25) is 10.0 Å². The lowest BCUT2D eigenvalue weighted by atomic mass is 9.71. The minimum atomic E-state index is -0.216. The number of carbonyl (C=O) groups excluding carboxylic acids is 1. The van der Waals surface area contributed by atoms with Gasteiger partial charge in [0.15, 0.2) is 5.78 Å². The second-order valence-corrected chi connectivity index (χ2v) is 9.99. The van der Waals surface area contributed by atoms with Gasteiger partial charge in [-0.3, -0.25) is 4.79 Å². The van der Waals surface area contributed by atoms with Gasteiger partial charge in [-0.15, -0.1) is 0 Å². The maximum absolute atomic E-state index is 13.8. The van der Waals surface area contributed by atoms with Crippen LogP contribution in [0.5, 0.6) is 5.75 Å². The smallest absolute Gasteiger partial charge is 0.162 e. The molecule has 1 aliphatic carbocycles. The molecule has 0 fully saturated rings. The lowest BCUT2D eigenvalue weighted by molar-refractivity contribution is -0.116. The van der Waals surface area contributed by atoms with Gasteiger partial charge in [-0.25, -0.2) is 0 Å². The third-order valence-electron chi connectivity index (χ3n) is 7.21. The highest BCUT2D eigenvalue weighted by Crippen LogP contribution is 2.50. The van der Waals surface area contributed by atoms with Gasteiger partial charge in [-0.2, -0.15) is 0 Å². The number of hydrogen-bond acceptors (Lipinski definition) is 3. The molecule has 0 unspecified atom stereocenters. The summed E-state index contributed by atoms with van der Waals surface area (Å²) in [6.07, 6.45) is 1.22. The average molecular weight is 500 g/mol. The molecule has 35 heavy (non-hydrogen) atoms. The first-order valence-corrected chi connectivity index (χ1v) is 12.4. The van der Waals surface area contributed by atoms with Crippen LogP contribution >= 0.6 is 23.2 Å². The third kappa shape index (κ3) is 3.80. The highest BCUT2D eigenvalue weighted by molar-refractivity contribution is 6.42. The zero-order valence-electron chi connectivity index (χ0n) is 19.1. The molecular formula is C30H23Cl2NO2. The summed E-state index contributed by atoms with van der Waals surface area (Å²) in [5, 5.41) is 6.91. The molecule has 2 atom stereocenters. The highest BCUT2D eigenvalue weighted by atomic mass is 35.5. The number of methoxy groups -OCH3 is 1. The van der Waals surface area contributed by atoms with E-state index in [-0.39, 0.29) is 17.6 Å². The van der Waals surface area contributed by atoms with Crippen LogP contribution in [0.3, 0.4) is 0 Å². The van der Waals surface area contributed by atoms with Crippen molar-refractivity contribution in [2.45, 2.75) is 24.7 Å². The normalized spacial score (nSPS) is 19.2. The Morgan fingerprint density at radius 1 is 0.857 bits per heavy atom. The molecule has 0 amide bonds. The molecule has 0 aromatic heterocycles. The maximum atomic E-state index is 13.8. The minimum Gasteiger partial charge on any atom is -0.497 e. The number of benzene rings is 4. The number of fused-ring (bicyclic) bond motifs is 3. The van der Waals surface area contributed by atoms with Gasteiger partial charge in [0.2, 0.25) is 0 Å². The lowest BCUT2D eigenvalue weighted by Crippen LogP contribution is -2.30. The van der Waals surface area contributed by atoms with E-state index >= 15 is 0 Å². The molecule has 2 aliphatic rings. The van der Waals surface area contributed by atoms with E-state index in [2.05, 4.69) is 41.7 Å². The van der Waals surface area contributed by atoms with Crippen LogP contribution in [0, 0.1) is 0 Å². The number of hydrogen-bond donors (Lipinski definition) is 1. The lowest BCUT2D eigenvalue weighted by Gasteiger charge is -2.37. The fourth-order valence-corrected chi connectivity index (χ4v) is 5.85. The van der Waals surface area contributed by atoms with E-state index < -0.39 is 0 Å². The molecule has 0 saturated carbocycles. The van der Waals surface area contributed by atoms with Crippen LogP contribution in [-0.4, -0.2) is 12.9 Å². The summed E-state index contributed by atoms with van der Waals surface area (Å²) in [7, 11) is 1.66. The van der Waals surface area contributed by atoms with Crippen molar-refractivity contribution in [3.8, 4) is 5.75 Å². The molecule has 0 radical (unpaired) electrons. The predicted octanol–water partition coefficient (Wildman–Crippen LogP) is 8.11. The molecule has 1 heterocycles. The number of Topliss-reactive ketones (excluding diaryl/α,β-unsaturated/α-hetero) is 1. The fourth-order valence-electron chi connectivity index (χ4n) is 5.54. The van der Waals surface area contributed by atoms with E-state index in [0.717, 1.165) is 56.6 Å². The second-order valence-electron chi connectivity index (χ2n) is 9.17. The van der Waals surface area contributed by atoms with Gasteiger partial charge in [0, 0.05) is 29.3 Å². The van der Waals surface area contributed by atoms with E-state index in [1.54, 1.807) is 7.11 Å². The SMILES string of the molecule is COc1ccc([C@H]2CC(=O)C3=C(C2)Nc2ccc4ccccc4c2[C@@H]3c2ccc(Cl)c(Cl)c2)cc1. The second kappa shape index (κ2) is 8.75. The van der Waals surface area contributed by atoms with Gasteiger partial charge in [-0.1, -0.05) is 71.7 Å². The summed E-state index contributed by atoms with van der Waals surface area (Å²) < 4.78 is 5.31. The standard InChI is InChI=1S/C30H23Cl2NO2/c1-35-21-10-6-17(7-11-21)20-15-26-30(27(34)16-20)28(19-8-12-23(31)24(32)14-19)29-22-5-3-2-4-18(22)9-13-25(29)33-26/h2-14,20,28,33H,15-16H2,1H3/t20-,28+/m1/s1. The number of carbonyl (C=O) groups is 1. The van der Waals surface area contributed by atoms with Gasteiger partial charge in [-0.05, 0) is 70.1 Å². The van der Waals surface area contributed by atoms with Crippen LogP contribution in [0.25, 0.3) is 10.8 Å². The first-order valence-electron chi connectivity index (χ1n) is 11.7. The van der Waals surface area contributed by atoms with Gasteiger partial charge in [0.25, 0.3) is 0 Å². The monoisotopic (exact) mass is 499 g/mol. The summed E-state index contributed by atoms with van der Waals surface area (Å²) in [5.41, 5.74) is 6.07. The van der Waals surface area contributed by atoms with Crippen LogP contribution < -0.4 is 10.1 Å². The van der Waals surface area contributed by atoms with Crippen LogP contribution in [-0.2, 0) is 4.79 Å². The van der Waals surface area contributed by atoms with Crippen molar-refractivity contribution in [1.82, 2.24) is 0 Å². The number of ketones is 1. The zero-order valence-corrected chi connectivity index (χ0v) is 20.7. The summed E-state index contributed by atoms with van der Waals surface area (Å²) in [5.74, 6) is 0.865. The first kappa shape index (κ1) is 22.2. The van der Waals surface area contributed by atoms with E-state index in [9.17, 15) is 4.79 Å². The Morgan fingerprint density at radius 2 is 1.63 bits per heavy atom. The van der Waals surface area contributed by atoms with Crippen LogP contribution in [0.4, 0.5) is 5.69 Å². The van der Waals surface area contributed by atoms with Crippen molar-refractivity contribution in [2.24, 2.45) is 0 Å². The first-order chi connectivity index (χ1) is 17.0. The molecule has 0 bridgehead atoms. The Balaban J connectivity index is 1.52. The van der Waals surface area contributed by atoms with E-state index in [1.807, 2.05) is 42.5 Å². The van der Waals surface area contributed by atoms with E-state index in [1.165, 1.54) is 0 Å². The van der Waals surface area contributed by atoms with E-state index in [0.29, 0.717) is 16.5 Å². The van der Waals surface area contributed by atoms with Crippen LogP contribution in [0.1, 0.15) is 41.4 Å². The number of rotatable bonds is 3. The Hall–Kier alpha value is -3.27. The van der Waals surface area contributed by atoms with Crippen molar-refractivity contribution in [3.05, 3.63) is 117 Å². The van der Waals surface area contributed by atoms with E-state index in [4.69, 9.17) is 27.9 Å². The number of anilines is 1. The predicted molar refractivity (Wildman–Crippen MR) is 143 cm³/mol. The van der Waals surface area contributed by atoms with Crippen molar-refractivity contribution in [3.63, 3.8) is 0 Å². The molecule has 5 heteroatoms. The topological polar surface area (TPSA) is 38.3 Å². The molecule has 4 aromatic rings. The molecule has 1 aliphatic heterocycles. The van der Waals surface area contributed by atoms with Crippen molar-refractivity contribution in [2.75, 3.05) is 12.4 Å². The van der Waals surface area contributed by atoms with Gasteiger partial charge < -0.3 is 10.1 Å². The summed E-state index contributed by atoms with van der Waals surface area (Å²) in [6.45, 7) is 0.